The van der Waals surface area contributed by atoms with Crippen molar-refractivity contribution in [1.29, 1.82) is 0 Å². The fourth-order valence-electron chi connectivity index (χ4n) is 3.61. The Bertz CT molecular complexity index is 1100. The van der Waals surface area contributed by atoms with Gasteiger partial charge in [-0.05, 0) is 24.6 Å². The minimum absolute atomic E-state index is 0.00798. The van der Waals surface area contributed by atoms with Gasteiger partial charge >= 0.3 is 0 Å². The summed E-state index contributed by atoms with van der Waals surface area (Å²) >= 11 is 1.57. The van der Waals surface area contributed by atoms with E-state index in [2.05, 4.69) is 17.4 Å². The normalized spacial score (nSPS) is 16.5. The quantitative estimate of drug-likeness (QED) is 0.581. The monoisotopic (exact) mass is 360 g/mol. The molecule has 2 aromatic carbocycles. The number of hydrogen-bond donors (Lipinski definition) is 1. The van der Waals surface area contributed by atoms with Crippen molar-refractivity contribution >= 4 is 33.3 Å². The average molecular weight is 360 g/mol. The molecule has 0 spiro atoms. The Morgan fingerprint density at radius 2 is 1.88 bits per heavy atom. The van der Waals surface area contributed by atoms with E-state index in [1.165, 1.54) is 0 Å². The second-order valence-electron chi connectivity index (χ2n) is 6.44. The van der Waals surface area contributed by atoms with E-state index >= 15 is 0 Å². The minimum atomic E-state index is 0.00798. The highest BCUT2D eigenvalue weighted by Gasteiger charge is 2.33. The van der Waals surface area contributed by atoms with Crippen LogP contribution in [-0.2, 0) is 4.79 Å². The van der Waals surface area contributed by atoms with Gasteiger partial charge < -0.3 is 5.32 Å². The van der Waals surface area contributed by atoms with Crippen molar-refractivity contribution in [3.05, 3.63) is 71.4 Å². The van der Waals surface area contributed by atoms with Crippen LogP contribution in [0.15, 0.2) is 54.6 Å². The summed E-state index contributed by atoms with van der Waals surface area (Å²) in [5.41, 5.74) is 4.08. The lowest BCUT2D eigenvalue weighted by atomic mass is 9.86. The molecule has 0 bridgehead atoms. The van der Waals surface area contributed by atoms with E-state index in [1.54, 1.807) is 16.0 Å². The van der Waals surface area contributed by atoms with Crippen molar-refractivity contribution in [2.75, 3.05) is 5.32 Å². The summed E-state index contributed by atoms with van der Waals surface area (Å²) in [6, 6.07) is 18.2. The van der Waals surface area contributed by atoms with E-state index in [-0.39, 0.29) is 11.8 Å². The molecule has 1 aliphatic rings. The molecule has 0 unspecified atom stereocenters. The number of fused-ring (bicyclic) bond motifs is 2. The van der Waals surface area contributed by atoms with E-state index < -0.39 is 0 Å². The van der Waals surface area contributed by atoms with Crippen LogP contribution in [0.2, 0.25) is 0 Å². The molecule has 5 rings (SSSR count). The molecule has 1 N–H and O–H groups in total. The third kappa shape index (κ3) is 2.34. The first-order valence-electron chi connectivity index (χ1n) is 8.51. The summed E-state index contributed by atoms with van der Waals surface area (Å²) in [7, 11) is 0. The Hall–Kier alpha value is -2.99. The van der Waals surface area contributed by atoms with Gasteiger partial charge in [0, 0.05) is 17.9 Å². The van der Waals surface area contributed by atoms with Crippen molar-refractivity contribution in [3.8, 4) is 5.13 Å². The predicted molar refractivity (Wildman–Crippen MR) is 103 cm³/mol. The number of nitrogens with one attached hydrogen (secondary N) is 1. The lowest BCUT2D eigenvalue weighted by Gasteiger charge is -2.24. The molecule has 0 aliphatic carbocycles. The van der Waals surface area contributed by atoms with Gasteiger partial charge in [0.05, 0.1) is 15.9 Å². The highest BCUT2D eigenvalue weighted by molar-refractivity contribution is 7.20. The molecule has 0 radical (unpaired) electrons. The number of carbonyl (C=O) groups is 1. The van der Waals surface area contributed by atoms with Crippen LogP contribution in [0.5, 0.6) is 0 Å². The number of anilines is 1. The summed E-state index contributed by atoms with van der Waals surface area (Å²) in [6.07, 6.45) is 0.434. The predicted octanol–water partition coefficient (Wildman–Crippen LogP) is 4.26. The number of para-hydroxylation sites is 1. The second-order valence-corrected chi connectivity index (χ2v) is 7.45. The molecule has 1 aliphatic heterocycles. The van der Waals surface area contributed by atoms with Crippen molar-refractivity contribution in [3.63, 3.8) is 0 Å². The van der Waals surface area contributed by atoms with E-state index in [4.69, 9.17) is 10.1 Å². The molecular weight excluding hydrogens is 344 g/mol. The van der Waals surface area contributed by atoms with Crippen LogP contribution in [0.25, 0.3) is 15.3 Å². The van der Waals surface area contributed by atoms with Gasteiger partial charge in [-0.3, -0.25) is 4.79 Å². The van der Waals surface area contributed by atoms with Crippen LogP contribution in [0.1, 0.15) is 29.2 Å². The largest absolute Gasteiger partial charge is 0.310 e. The second kappa shape index (κ2) is 5.78. The molecule has 128 valence electrons. The van der Waals surface area contributed by atoms with Crippen LogP contribution in [-0.4, -0.2) is 20.7 Å². The zero-order valence-electron chi connectivity index (χ0n) is 14.1. The van der Waals surface area contributed by atoms with Gasteiger partial charge in [-0.1, -0.05) is 53.8 Å². The van der Waals surface area contributed by atoms with Gasteiger partial charge in [-0.2, -0.15) is 9.78 Å². The first-order valence-corrected chi connectivity index (χ1v) is 9.32. The van der Waals surface area contributed by atoms with Gasteiger partial charge in [-0.15, -0.1) is 0 Å². The molecule has 0 saturated carbocycles. The smallest absolute Gasteiger partial charge is 0.226 e. The third-order valence-electron chi connectivity index (χ3n) is 4.77. The van der Waals surface area contributed by atoms with Crippen molar-refractivity contribution in [1.82, 2.24) is 14.8 Å². The van der Waals surface area contributed by atoms with Crippen LogP contribution in [0.3, 0.4) is 0 Å². The maximum atomic E-state index is 12.4. The molecule has 6 heteroatoms. The Morgan fingerprint density at radius 3 is 2.69 bits per heavy atom. The van der Waals surface area contributed by atoms with E-state index in [0.29, 0.717) is 6.42 Å². The van der Waals surface area contributed by atoms with E-state index in [0.717, 1.165) is 38.0 Å². The Labute approximate surface area is 154 Å². The number of aromatic nitrogens is 3. The Balaban J connectivity index is 1.69. The number of amides is 1. The van der Waals surface area contributed by atoms with E-state index in [9.17, 15) is 4.79 Å². The first-order chi connectivity index (χ1) is 12.7. The van der Waals surface area contributed by atoms with Gasteiger partial charge in [0.25, 0.3) is 0 Å². The summed E-state index contributed by atoms with van der Waals surface area (Å²) in [6.45, 7) is 2.00. The number of carbonyl (C=O) groups excluding carboxylic acids is 1. The molecule has 4 aromatic rings. The zero-order chi connectivity index (χ0) is 17.7. The Morgan fingerprint density at radius 1 is 1.12 bits per heavy atom. The summed E-state index contributed by atoms with van der Waals surface area (Å²) < 4.78 is 2.88. The fourth-order valence-corrected chi connectivity index (χ4v) is 4.53. The molecule has 0 fully saturated rings. The highest BCUT2D eigenvalue weighted by Crippen LogP contribution is 2.40. The number of hydrogen-bond acceptors (Lipinski definition) is 4. The van der Waals surface area contributed by atoms with Crippen molar-refractivity contribution in [2.24, 2.45) is 0 Å². The third-order valence-corrected chi connectivity index (χ3v) is 5.78. The van der Waals surface area contributed by atoms with Gasteiger partial charge in [0.1, 0.15) is 5.82 Å². The molecule has 3 heterocycles. The van der Waals surface area contributed by atoms with Crippen LogP contribution >= 0.6 is 11.3 Å². The number of aryl methyl sites for hydroxylation is 1. The summed E-state index contributed by atoms with van der Waals surface area (Å²) in [5.74, 6) is 0.767. The summed E-state index contributed by atoms with van der Waals surface area (Å²) in [4.78, 5) is 17.1. The minimum Gasteiger partial charge on any atom is -0.310 e. The summed E-state index contributed by atoms with van der Waals surface area (Å²) in [5, 5.41) is 8.51. The molecular formula is C20H16N4OS. The van der Waals surface area contributed by atoms with Gasteiger partial charge in [-0.25, -0.2) is 4.98 Å². The molecule has 2 aromatic heterocycles. The fraction of sp³-hybridized carbons (Fsp3) is 0.150. The van der Waals surface area contributed by atoms with E-state index in [1.807, 2.05) is 49.4 Å². The maximum Gasteiger partial charge on any atom is 0.226 e. The van der Waals surface area contributed by atoms with Gasteiger partial charge in [0.2, 0.25) is 11.0 Å². The molecule has 1 amide bonds. The standard InChI is InChI=1S/C20H16N4OS/c1-12-18-14(13-7-3-2-4-8-13)11-17(25)22-19(18)24(23-12)20-21-15-9-5-6-10-16(15)26-20/h2-10,14H,11H2,1H3,(H,22,25)/t14-/m1/s1. The van der Waals surface area contributed by atoms with Crippen LogP contribution < -0.4 is 5.32 Å². The molecule has 26 heavy (non-hydrogen) atoms. The number of rotatable bonds is 2. The lowest BCUT2D eigenvalue weighted by molar-refractivity contribution is -0.116. The zero-order valence-corrected chi connectivity index (χ0v) is 15.0. The van der Waals surface area contributed by atoms with Crippen molar-refractivity contribution < 1.29 is 4.79 Å². The van der Waals surface area contributed by atoms with Gasteiger partial charge in [0.15, 0.2) is 0 Å². The van der Waals surface area contributed by atoms with Crippen molar-refractivity contribution in [2.45, 2.75) is 19.3 Å². The van der Waals surface area contributed by atoms with Crippen LogP contribution in [0, 0.1) is 6.92 Å². The molecule has 1 atom stereocenters. The maximum absolute atomic E-state index is 12.4. The first kappa shape index (κ1) is 15.3. The highest BCUT2D eigenvalue weighted by atomic mass is 32.1. The Kier molecular flexibility index (Phi) is 3.39. The lowest BCUT2D eigenvalue weighted by Crippen LogP contribution is -2.24. The molecule has 5 nitrogen and oxygen atoms in total. The number of thiazole rings is 1. The topological polar surface area (TPSA) is 59.8 Å². The number of nitrogens with zero attached hydrogens (tertiary/aromatic N) is 3. The SMILES string of the molecule is Cc1nn(-c2nc3ccccc3s2)c2c1[C@@H](c1ccccc1)CC(=O)N2. The number of benzene rings is 2. The molecule has 0 saturated heterocycles. The van der Waals surface area contributed by atoms with Crippen LogP contribution in [0.4, 0.5) is 5.82 Å². The average Bonchev–Trinajstić information content (AvgIpc) is 3.23.